The van der Waals surface area contributed by atoms with Crippen LogP contribution in [0, 0.1) is 22.7 Å². The Morgan fingerprint density at radius 3 is 2.43 bits per heavy atom. The van der Waals surface area contributed by atoms with Crippen molar-refractivity contribution in [2.45, 2.75) is 24.5 Å². The fourth-order valence-electron chi connectivity index (χ4n) is 1.74. The highest BCUT2D eigenvalue weighted by Crippen LogP contribution is 2.32. The maximum atomic E-state index is 11.3. The van der Waals surface area contributed by atoms with Crippen molar-refractivity contribution in [2.75, 3.05) is 6.26 Å². The summed E-state index contributed by atoms with van der Waals surface area (Å²) in [5, 5.41) is 16.7. The van der Waals surface area contributed by atoms with Crippen LogP contribution in [0.5, 0.6) is 0 Å². The summed E-state index contributed by atoms with van der Waals surface area (Å²) in [6.07, 6.45) is 2.96. The van der Waals surface area contributed by atoms with E-state index in [1.807, 2.05) is 0 Å². The number of sulfone groups is 1. The summed E-state index contributed by atoms with van der Waals surface area (Å²) in [6.45, 7) is 0. The minimum Gasteiger partial charge on any atom is -0.229 e. The Balaban J connectivity index is 3.22. The summed E-state index contributed by atoms with van der Waals surface area (Å²) in [5.74, 6) is 0. The second-order valence-electron chi connectivity index (χ2n) is 3.33. The van der Waals surface area contributed by atoms with Crippen LogP contribution in [0.2, 0.25) is 0 Å². The molecule has 1 saturated carbocycles. The predicted octanol–water partition coefficient (Wildman–Crippen LogP) is 0.927. The van der Waals surface area contributed by atoms with Crippen molar-refractivity contribution < 1.29 is 8.42 Å². The average molecular weight is 210 g/mol. The zero-order chi connectivity index (χ0) is 10.8. The van der Waals surface area contributed by atoms with Crippen LogP contribution < -0.4 is 0 Å². The van der Waals surface area contributed by atoms with Crippen LogP contribution in [0.4, 0.5) is 0 Å². The molecule has 4 nitrogen and oxygen atoms in total. The summed E-state index contributed by atoms with van der Waals surface area (Å²) >= 11 is 0. The van der Waals surface area contributed by atoms with Gasteiger partial charge in [0.25, 0.3) is 0 Å². The average Bonchev–Trinajstić information content (AvgIpc) is 2.54. The number of rotatable bonds is 1. The molecule has 1 atom stereocenters. The molecule has 0 bridgehead atoms. The molecule has 1 aliphatic carbocycles. The van der Waals surface area contributed by atoms with E-state index in [1.54, 1.807) is 12.1 Å². The van der Waals surface area contributed by atoms with Gasteiger partial charge in [-0.25, -0.2) is 8.42 Å². The lowest BCUT2D eigenvalue weighted by Gasteiger charge is -2.08. The van der Waals surface area contributed by atoms with Crippen LogP contribution in [0.1, 0.15) is 19.3 Å². The van der Waals surface area contributed by atoms with Crippen molar-refractivity contribution in [3.8, 4) is 12.1 Å². The lowest BCUT2D eigenvalue weighted by Crippen LogP contribution is -2.18. The van der Waals surface area contributed by atoms with Gasteiger partial charge in [0.05, 0.1) is 5.25 Å². The Bertz CT molecular complexity index is 432. The van der Waals surface area contributed by atoms with E-state index in [2.05, 4.69) is 0 Å². The first-order chi connectivity index (χ1) is 6.50. The van der Waals surface area contributed by atoms with Gasteiger partial charge in [-0.2, -0.15) is 10.5 Å². The molecule has 0 radical (unpaired) electrons. The Morgan fingerprint density at radius 2 is 2.00 bits per heavy atom. The lowest BCUT2D eigenvalue weighted by molar-refractivity contribution is 0.592. The van der Waals surface area contributed by atoms with Crippen molar-refractivity contribution in [3.05, 3.63) is 11.1 Å². The molecule has 5 heteroatoms. The van der Waals surface area contributed by atoms with Crippen LogP contribution in [-0.4, -0.2) is 19.9 Å². The number of hydrogen-bond acceptors (Lipinski definition) is 4. The van der Waals surface area contributed by atoms with Crippen molar-refractivity contribution in [3.63, 3.8) is 0 Å². The highest BCUT2D eigenvalue weighted by molar-refractivity contribution is 7.91. The Hall–Kier alpha value is -1.33. The lowest BCUT2D eigenvalue weighted by atomic mass is 10.1. The molecule has 0 saturated heterocycles. The van der Waals surface area contributed by atoms with Gasteiger partial charge in [0.15, 0.2) is 9.84 Å². The SMILES string of the molecule is CS(=O)(=O)C1CCCC1=C(C#N)C#N. The summed E-state index contributed by atoms with van der Waals surface area (Å²) in [6, 6.07) is 3.50. The maximum Gasteiger partial charge on any atom is 0.154 e. The van der Waals surface area contributed by atoms with Crippen LogP contribution in [0.25, 0.3) is 0 Å². The third kappa shape index (κ3) is 1.94. The van der Waals surface area contributed by atoms with Gasteiger partial charge in [0.1, 0.15) is 17.7 Å². The van der Waals surface area contributed by atoms with Gasteiger partial charge in [-0.3, -0.25) is 0 Å². The van der Waals surface area contributed by atoms with E-state index in [9.17, 15) is 8.42 Å². The second kappa shape index (κ2) is 3.81. The predicted molar refractivity (Wildman–Crippen MR) is 50.7 cm³/mol. The van der Waals surface area contributed by atoms with Crippen LogP contribution >= 0.6 is 0 Å². The molecule has 0 spiro atoms. The minimum atomic E-state index is -3.18. The molecule has 1 rings (SSSR count). The van der Waals surface area contributed by atoms with Gasteiger partial charge in [-0.05, 0) is 24.8 Å². The fraction of sp³-hybridized carbons (Fsp3) is 0.556. The zero-order valence-corrected chi connectivity index (χ0v) is 8.63. The van der Waals surface area contributed by atoms with Crippen molar-refractivity contribution in [1.29, 1.82) is 10.5 Å². The molecule has 0 heterocycles. The summed E-state index contributed by atoms with van der Waals surface area (Å²) in [7, 11) is -3.18. The van der Waals surface area contributed by atoms with E-state index in [-0.39, 0.29) is 5.57 Å². The van der Waals surface area contributed by atoms with E-state index in [4.69, 9.17) is 10.5 Å². The number of nitrogens with zero attached hydrogens (tertiary/aromatic N) is 2. The van der Waals surface area contributed by atoms with E-state index in [0.717, 1.165) is 12.7 Å². The van der Waals surface area contributed by atoms with Crippen molar-refractivity contribution in [1.82, 2.24) is 0 Å². The van der Waals surface area contributed by atoms with Crippen molar-refractivity contribution >= 4 is 9.84 Å². The molecular weight excluding hydrogens is 200 g/mol. The molecule has 0 aliphatic heterocycles. The standard InChI is InChI=1S/C9H10N2O2S/c1-14(12,13)9-4-2-3-8(9)7(5-10)6-11/h9H,2-4H2,1H3. The topological polar surface area (TPSA) is 81.7 Å². The molecule has 0 aromatic heterocycles. The van der Waals surface area contributed by atoms with Gasteiger partial charge in [-0.1, -0.05) is 0 Å². The zero-order valence-electron chi connectivity index (χ0n) is 7.82. The molecule has 0 aromatic rings. The van der Waals surface area contributed by atoms with Gasteiger partial charge in [0.2, 0.25) is 0 Å². The fourth-order valence-corrected chi connectivity index (χ4v) is 3.09. The highest BCUT2D eigenvalue weighted by Gasteiger charge is 2.32. The molecule has 74 valence electrons. The molecule has 0 amide bonds. The third-order valence-electron chi connectivity index (χ3n) is 2.36. The smallest absolute Gasteiger partial charge is 0.154 e. The third-order valence-corrected chi connectivity index (χ3v) is 3.92. The first kappa shape index (κ1) is 10.7. The highest BCUT2D eigenvalue weighted by atomic mass is 32.2. The molecule has 1 fully saturated rings. The quantitative estimate of drug-likeness (QED) is 0.603. The van der Waals surface area contributed by atoms with E-state index >= 15 is 0 Å². The number of nitriles is 2. The largest absolute Gasteiger partial charge is 0.229 e. The van der Waals surface area contributed by atoms with Gasteiger partial charge >= 0.3 is 0 Å². The molecule has 0 aromatic carbocycles. The van der Waals surface area contributed by atoms with Crippen molar-refractivity contribution in [2.24, 2.45) is 0 Å². The second-order valence-corrected chi connectivity index (χ2v) is 5.56. The van der Waals surface area contributed by atoms with E-state index < -0.39 is 15.1 Å². The molecule has 1 aliphatic rings. The van der Waals surface area contributed by atoms with E-state index in [0.29, 0.717) is 18.4 Å². The Kier molecular flexibility index (Phi) is 2.93. The minimum absolute atomic E-state index is 0.0297. The van der Waals surface area contributed by atoms with E-state index in [1.165, 1.54) is 0 Å². The molecular formula is C9H10N2O2S. The molecule has 14 heavy (non-hydrogen) atoms. The molecule has 1 unspecified atom stereocenters. The van der Waals surface area contributed by atoms with Crippen LogP contribution in [0.15, 0.2) is 11.1 Å². The summed E-state index contributed by atoms with van der Waals surface area (Å²) in [5.41, 5.74) is 0.468. The number of allylic oxidation sites excluding steroid dienone is 1. The Labute approximate surface area is 83.4 Å². The summed E-state index contributed by atoms with van der Waals surface area (Å²) in [4.78, 5) is 0. The summed E-state index contributed by atoms with van der Waals surface area (Å²) < 4.78 is 22.7. The van der Waals surface area contributed by atoms with Gasteiger partial charge in [-0.15, -0.1) is 0 Å². The van der Waals surface area contributed by atoms with Crippen LogP contribution in [-0.2, 0) is 9.84 Å². The monoisotopic (exact) mass is 210 g/mol. The normalized spacial score (nSPS) is 21.4. The maximum absolute atomic E-state index is 11.3. The molecule has 0 N–H and O–H groups in total. The first-order valence-electron chi connectivity index (χ1n) is 4.22. The Morgan fingerprint density at radius 1 is 1.43 bits per heavy atom. The van der Waals surface area contributed by atoms with Gasteiger partial charge in [0, 0.05) is 6.26 Å². The van der Waals surface area contributed by atoms with Gasteiger partial charge < -0.3 is 0 Å². The van der Waals surface area contributed by atoms with Crippen LogP contribution in [0.3, 0.4) is 0 Å². The number of hydrogen-bond donors (Lipinski definition) is 0. The first-order valence-corrected chi connectivity index (χ1v) is 6.18.